The van der Waals surface area contributed by atoms with E-state index < -0.39 is 10.1 Å². The summed E-state index contributed by atoms with van der Waals surface area (Å²) in [5.41, 5.74) is 2.80. The molecule has 22 heavy (non-hydrogen) atoms. The van der Waals surface area contributed by atoms with E-state index in [4.69, 9.17) is 0 Å². The first-order chi connectivity index (χ1) is 10.4. The zero-order valence-corrected chi connectivity index (χ0v) is 13.6. The van der Waals surface area contributed by atoms with E-state index in [1.54, 1.807) is 12.1 Å². The van der Waals surface area contributed by atoms with Crippen molar-refractivity contribution in [1.29, 1.82) is 0 Å². The summed E-state index contributed by atoms with van der Waals surface area (Å²) >= 11 is 0. The fourth-order valence-corrected chi connectivity index (χ4v) is 5.73. The predicted octanol–water partition coefficient (Wildman–Crippen LogP) is 3.96. The van der Waals surface area contributed by atoms with Gasteiger partial charge in [0.25, 0.3) is 10.1 Å². The molecule has 0 spiro atoms. The van der Waals surface area contributed by atoms with Gasteiger partial charge >= 0.3 is 0 Å². The molecule has 1 aromatic carbocycles. The van der Waals surface area contributed by atoms with Gasteiger partial charge in [-0.1, -0.05) is 25.1 Å². The van der Waals surface area contributed by atoms with Crippen molar-refractivity contribution >= 4 is 10.1 Å². The second kappa shape index (κ2) is 4.68. The molecular weight excluding hydrogens is 296 g/mol. The van der Waals surface area contributed by atoms with Crippen molar-refractivity contribution < 1.29 is 13.0 Å². The van der Waals surface area contributed by atoms with Crippen molar-refractivity contribution in [2.45, 2.75) is 49.8 Å². The largest absolute Gasteiger partial charge is 0.294 e. The van der Waals surface area contributed by atoms with Gasteiger partial charge in [-0.3, -0.25) is 4.55 Å². The van der Waals surface area contributed by atoms with Crippen LogP contribution in [0.4, 0.5) is 0 Å². The van der Waals surface area contributed by atoms with Crippen LogP contribution in [0.2, 0.25) is 0 Å². The van der Waals surface area contributed by atoms with Gasteiger partial charge < -0.3 is 0 Å². The molecule has 0 bridgehead atoms. The summed E-state index contributed by atoms with van der Waals surface area (Å²) in [5.74, 6) is 2.00. The lowest BCUT2D eigenvalue weighted by Gasteiger charge is -2.49. The first kappa shape index (κ1) is 14.5. The van der Waals surface area contributed by atoms with Crippen molar-refractivity contribution in [1.82, 2.24) is 0 Å². The third-order valence-corrected chi connectivity index (χ3v) is 7.17. The minimum absolute atomic E-state index is 0.0351. The van der Waals surface area contributed by atoms with Crippen LogP contribution in [0.15, 0.2) is 35.2 Å². The van der Waals surface area contributed by atoms with E-state index in [1.807, 2.05) is 6.07 Å². The highest BCUT2D eigenvalue weighted by molar-refractivity contribution is 7.85. The predicted molar refractivity (Wildman–Crippen MR) is 85.4 cm³/mol. The van der Waals surface area contributed by atoms with Crippen molar-refractivity contribution in [3.63, 3.8) is 0 Å². The molecule has 1 aromatic rings. The van der Waals surface area contributed by atoms with E-state index in [2.05, 4.69) is 19.1 Å². The molecule has 0 saturated heterocycles. The number of hydrogen-bond donors (Lipinski definition) is 1. The van der Waals surface area contributed by atoms with E-state index in [1.165, 1.54) is 24.8 Å². The van der Waals surface area contributed by atoms with Gasteiger partial charge in [-0.05, 0) is 78.5 Å². The number of fused-ring (bicyclic) bond motifs is 5. The maximum atomic E-state index is 11.3. The van der Waals surface area contributed by atoms with Gasteiger partial charge in [-0.25, -0.2) is 0 Å². The van der Waals surface area contributed by atoms with E-state index in [0.717, 1.165) is 24.3 Å². The van der Waals surface area contributed by atoms with Crippen molar-refractivity contribution in [2.24, 2.45) is 17.3 Å². The Kier molecular flexibility index (Phi) is 3.08. The first-order valence-corrected chi connectivity index (χ1v) is 9.60. The van der Waals surface area contributed by atoms with Crippen molar-refractivity contribution in [3.8, 4) is 0 Å². The molecule has 0 amide bonds. The normalized spacial score (nSPS) is 36.5. The maximum absolute atomic E-state index is 11.3. The molecule has 4 atom stereocenters. The maximum Gasteiger partial charge on any atom is 0.294 e. The van der Waals surface area contributed by atoms with Crippen LogP contribution in [0, 0.1) is 17.3 Å². The van der Waals surface area contributed by atoms with Crippen LogP contribution in [0.25, 0.3) is 0 Å². The van der Waals surface area contributed by atoms with Crippen LogP contribution >= 0.6 is 0 Å². The molecule has 3 aliphatic carbocycles. The van der Waals surface area contributed by atoms with E-state index in [0.29, 0.717) is 17.3 Å². The Balaban J connectivity index is 1.72. The quantitative estimate of drug-likeness (QED) is 0.630. The van der Waals surface area contributed by atoms with Gasteiger partial charge in [0, 0.05) is 0 Å². The van der Waals surface area contributed by atoms with Crippen molar-refractivity contribution in [3.05, 3.63) is 41.5 Å². The number of benzene rings is 1. The Bertz CT molecular complexity index is 750. The molecule has 0 aliphatic heterocycles. The summed E-state index contributed by atoms with van der Waals surface area (Å²) in [4.78, 5) is 0.0351. The molecule has 1 saturated carbocycles. The molecule has 1 N–H and O–H groups in total. The molecule has 3 nitrogen and oxygen atoms in total. The van der Waals surface area contributed by atoms with Crippen LogP contribution in [0.1, 0.15) is 49.7 Å². The highest BCUT2D eigenvalue weighted by atomic mass is 32.2. The topological polar surface area (TPSA) is 54.4 Å². The highest BCUT2D eigenvalue weighted by Crippen LogP contribution is 2.58. The molecule has 118 valence electrons. The van der Waals surface area contributed by atoms with Crippen LogP contribution < -0.4 is 0 Å². The minimum atomic E-state index is -4.10. The van der Waals surface area contributed by atoms with Crippen LogP contribution in [0.3, 0.4) is 0 Å². The smallest absolute Gasteiger partial charge is 0.282 e. The van der Waals surface area contributed by atoms with Gasteiger partial charge in [0.15, 0.2) is 0 Å². The summed E-state index contributed by atoms with van der Waals surface area (Å²) in [6.07, 6.45) is 10.4. The molecule has 0 heterocycles. The second-order valence-electron chi connectivity index (χ2n) is 7.43. The zero-order valence-electron chi connectivity index (χ0n) is 12.8. The SMILES string of the molecule is C[C@@]12C=CCC1C1CCc3cc(S(=O)(=O)O)ccc3C1CC2. The summed E-state index contributed by atoms with van der Waals surface area (Å²) in [5, 5.41) is 0. The number of aryl methyl sites for hydroxylation is 1. The fraction of sp³-hybridized carbons (Fsp3) is 0.556. The van der Waals surface area contributed by atoms with Crippen LogP contribution in [0.5, 0.6) is 0 Å². The Morgan fingerprint density at radius 3 is 2.86 bits per heavy atom. The van der Waals surface area contributed by atoms with Crippen molar-refractivity contribution in [2.75, 3.05) is 0 Å². The lowest BCUT2D eigenvalue weighted by atomic mass is 9.56. The standard InChI is InChI=1S/C18H22O3S/c1-18-9-2-3-17(18)16-6-4-12-11-13(22(19,20)21)5-7-14(12)15(16)8-10-18/h2,5,7,9,11,15-17H,3-4,6,8,10H2,1H3,(H,19,20,21)/t15?,16?,17?,18-/m0/s1. The second-order valence-corrected chi connectivity index (χ2v) is 8.86. The molecule has 3 aliphatic rings. The van der Waals surface area contributed by atoms with Crippen LogP contribution in [-0.2, 0) is 16.5 Å². The monoisotopic (exact) mass is 318 g/mol. The lowest BCUT2D eigenvalue weighted by molar-refractivity contribution is 0.0826. The van der Waals surface area contributed by atoms with E-state index >= 15 is 0 Å². The Morgan fingerprint density at radius 1 is 1.27 bits per heavy atom. The van der Waals surface area contributed by atoms with E-state index in [-0.39, 0.29) is 4.90 Å². The average Bonchev–Trinajstić information content (AvgIpc) is 2.87. The molecule has 3 unspecified atom stereocenters. The number of rotatable bonds is 1. The molecule has 1 fully saturated rings. The third-order valence-electron chi connectivity index (χ3n) is 6.32. The summed E-state index contributed by atoms with van der Waals surface area (Å²) in [6, 6.07) is 5.19. The Hall–Kier alpha value is -1.13. The Labute approximate surface area is 132 Å². The van der Waals surface area contributed by atoms with Gasteiger partial charge in [0.1, 0.15) is 0 Å². The Morgan fingerprint density at radius 2 is 2.09 bits per heavy atom. The minimum Gasteiger partial charge on any atom is -0.282 e. The molecule has 0 radical (unpaired) electrons. The summed E-state index contributed by atoms with van der Waals surface area (Å²) in [7, 11) is -4.10. The summed E-state index contributed by atoms with van der Waals surface area (Å²) in [6.45, 7) is 2.40. The molecule has 4 heteroatoms. The van der Waals surface area contributed by atoms with E-state index in [9.17, 15) is 13.0 Å². The highest BCUT2D eigenvalue weighted by Gasteiger charge is 2.48. The summed E-state index contributed by atoms with van der Waals surface area (Å²) < 4.78 is 31.9. The van der Waals surface area contributed by atoms with Gasteiger partial charge in [0.2, 0.25) is 0 Å². The van der Waals surface area contributed by atoms with Gasteiger partial charge in [-0.15, -0.1) is 0 Å². The third kappa shape index (κ3) is 2.08. The van der Waals surface area contributed by atoms with Gasteiger partial charge in [-0.2, -0.15) is 8.42 Å². The molecule has 0 aromatic heterocycles. The van der Waals surface area contributed by atoms with Crippen LogP contribution in [-0.4, -0.2) is 13.0 Å². The average molecular weight is 318 g/mol. The van der Waals surface area contributed by atoms with Gasteiger partial charge in [0.05, 0.1) is 4.90 Å². The molecule has 4 rings (SSSR count). The lowest BCUT2D eigenvalue weighted by Crippen LogP contribution is -2.39. The fourth-order valence-electron chi connectivity index (χ4n) is 5.20. The number of hydrogen-bond acceptors (Lipinski definition) is 2. The molecular formula is C18H22O3S. The zero-order chi connectivity index (χ0) is 15.5. The number of allylic oxidation sites excluding steroid dienone is 2. The first-order valence-electron chi connectivity index (χ1n) is 8.16.